The summed E-state index contributed by atoms with van der Waals surface area (Å²) < 4.78 is 1.33. The van der Waals surface area contributed by atoms with Gasteiger partial charge in [-0.05, 0) is 45.9 Å². The smallest absolute Gasteiger partial charge is 0.261 e. The summed E-state index contributed by atoms with van der Waals surface area (Å²) in [6.45, 7) is 7.81. The van der Waals surface area contributed by atoms with E-state index >= 15 is 0 Å². The highest BCUT2D eigenvalue weighted by Gasteiger charge is 2.20. The number of carbonyl (C=O) groups is 1. The zero-order chi connectivity index (χ0) is 16.4. The van der Waals surface area contributed by atoms with Crippen LogP contribution in [-0.4, -0.2) is 32.4 Å². The molecule has 0 spiro atoms. The molecular weight excluding hydrogens is 302 g/mol. The molecule has 1 aromatic heterocycles. The van der Waals surface area contributed by atoms with Crippen molar-refractivity contribution in [3.05, 3.63) is 39.9 Å². The van der Waals surface area contributed by atoms with Crippen molar-refractivity contribution in [2.45, 2.75) is 46.3 Å². The van der Waals surface area contributed by atoms with Crippen molar-refractivity contribution in [1.29, 1.82) is 0 Å². The van der Waals surface area contributed by atoms with Crippen LogP contribution in [0.5, 0.6) is 0 Å². The Kier molecular flexibility index (Phi) is 4.86. The maximum Gasteiger partial charge on any atom is 0.261 e. The van der Waals surface area contributed by atoms with Gasteiger partial charge in [-0.15, -0.1) is 0 Å². The zero-order valence-corrected chi connectivity index (χ0v) is 14.0. The molecule has 0 unspecified atom stereocenters. The molecule has 0 saturated heterocycles. The summed E-state index contributed by atoms with van der Waals surface area (Å²) >= 11 is 5.93. The Morgan fingerprint density at radius 3 is 2.50 bits per heavy atom. The van der Waals surface area contributed by atoms with Gasteiger partial charge in [-0.25, -0.2) is 4.98 Å². The van der Waals surface area contributed by atoms with E-state index in [1.54, 1.807) is 23.1 Å². The number of amides is 1. The molecule has 1 amide bonds. The fourth-order valence-electron chi connectivity index (χ4n) is 2.64. The molecule has 6 heteroatoms. The minimum atomic E-state index is -0.256. The van der Waals surface area contributed by atoms with Gasteiger partial charge in [-0.1, -0.05) is 11.6 Å². The number of aromatic nitrogens is 2. The lowest BCUT2D eigenvalue weighted by Gasteiger charge is -2.31. The van der Waals surface area contributed by atoms with Gasteiger partial charge in [0, 0.05) is 17.1 Å². The number of hydrogen-bond acceptors (Lipinski definition) is 3. The van der Waals surface area contributed by atoms with E-state index in [-0.39, 0.29) is 30.1 Å². The van der Waals surface area contributed by atoms with Crippen LogP contribution in [0.3, 0.4) is 0 Å². The Labute approximate surface area is 134 Å². The molecule has 1 aromatic carbocycles. The summed E-state index contributed by atoms with van der Waals surface area (Å²) in [6.07, 6.45) is 1.41. The largest absolute Gasteiger partial charge is 0.336 e. The molecule has 0 bridgehead atoms. The number of nitrogens with zero attached hydrogens (tertiary/aromatic N) is 3. The average Bonchev–Trinajstić information content (AvgIpc) is 2.41. The third kappa shape index (κ3) is 3.30. The average molecular weight is 322 g/mol. The van der Waals surface area contributed by atoms with Crippen molar-refractivity contribution in [3.8, 4) is 0 Å². The Balaban J connectivity index is 2.38. The van der Waals surface area contributed by atoms with E-state index < -0.39 is 0 Å². The molecule has 0 aliphatic carbocycles. The summed E-state index contributed by atoms with van der Waals surface area (Å²) in [7, 11) is 0. The van der Waals surface area contributed by atoms with Crippen molar-refractivity contribution in [1.82, 2.24) is 14.5 Å². The maximum atomic E-state index is 12.5. The molecular formula is C16H20ClN3O2. The van der Waals surface area contributed by atoms with Crippen LogP contribution in [-0.2, 0) is 11.3 Å². The molecule has 2 rings (SSSR count). The second-order valence-corrected chi connectivity index (χ2v) is 6.26. The van der Waals surface area contributed by atoms with Gasteiger partial charge in [0.2, 0.25) is 5.91 Å². The Morgan fingerprint density at radius 1 is 1.27 bits per heavy atom. The fourth-order valence-corrected chi connectivity index (χ4v) is 2.82. The van der Waals surface area contributed by atoms with Gasteiger partial charge in [0.1, 0.15) is 6.54 Å². The van der Waals surface area contributed by atoms with Gasteiger partial charge < -0.3 is 4.90 Å². The topological polar surface area (TPSA) is 55.2 Å². The predicted octanol–water partition coefficient (Wildman–Crippen LogP) is 2.70. The zero-order valence-electron chi connectivity index (χ0n) is 13.2. The van der Waals surface area contributed by atoms with Gasteiger partial charge in [0.25, 0.3) is 5.56 Å². The molecule has 0 atom stereocenters. The molecule has 0 radical (unpaired) electrons. The van der Waals surface area contributed by atoms with Gasteiger partial charge >= 0.3 is 0 Å². The molecule has 0 aliphatic rings. The number of halogens is 1. The summed E-state index contributed by atoms with van der Waals surface area (Å²) in [4.78, 5) is 30.9. The van der Waals surface area contributed by atoms with E-state index in [9.17, 15) is 9.59 Å². The van der Waals surface area contributed by atoms with Crippen LogP contribution in [0.2, 0.25) is 5.02 Å². The molecule has 1 heterocycles. The van der Waals surface area contributed by atoms with Crippen molar-refractivity contribution < 1.29 is 4.79 Å². The third-order valence-electron chi connectivity index (χ3n) is 3.49. The molecule has 5 nitrogen and oxygen atoms in total. The summed E-state index contributed by atoms with van der Waals surface area (Å²) in [5.74, 6) is -0.102. The van der Waals surface area contributed by atoms with Crippen LogP contribution in [0.15, 0.2) is 29.3 Å². The van der Waals surface area contributed by atoms with E-state index in [0.29, 0.717) is 15.9 Å². The predicted molar refractivity (Wildman–Crippen MR) is 88.1 cm³/mol. The number of hydrogen-bond donors (Lipinski definition) is 0. The minimum Gasteiger partial charge on any atom is -0.336 e. The molecule has 118 valence electrons. The van der Waals surface area contributed by atoms with Crippen molar-refractivity contribution in [2.75, 3.05) is 0 Å². The van der Waals surface area contributed by atoms with E-state index in [2.05, 4.69) is 4.98 Å². The molecule has 0 saturated carbocycles. The van der Waals surface area contributed by atoms with Crippen LogP contribution in [0.25, 0.3) is 10.9 Å². The van der Waals surface area contributed by atoms with Crippen LogP contribution in [0.4, 0.5) is 0 Å². The molecule has 22 heavy (non-hydrogen) atoms. The number of benzene rings is 1. The van der Waals surface area contributed by atoms with Crippen LogP contribution in [0, 0.1) is 0 Å². The highest BCUT2D eigenvalue weighted by atomic mass is 35.5. The van der Waals surface area contributed by atoms with Gasteiger partial charge in [0.15, 0.2) is 0 Å². The summed E-state index contributed by atoms with van der Waals surface area (Å²) in [5.41, 5.74) is 0.316. The van der Waals surface area contributed by atoms with E-state index in [0.717, 1.165) is 0 Å². The molecule has 0 fully saturated rings. The number of fused-ring (bicyclic) bond motifs is 1. The lowest BCUT2D eigenvalue weighted by molar-refractivity contribution is -0.135. The third-order valence-corrected chi connectivity index (χ3v) is 3.73. The Morgan fingerprint density at radius 2 is 1.91 bits per heavy atom. The first kappa shape index (κ1) is 16.5. The first-order chi connectivity index (χ1) is 10.3. The number of carbonyl (C=O) groups excluding carboxylic acids is 1. The SMILES string of the molecule is CC(C)N(C(=O)Cn1cnc2ccc(Cl)cc2c1=O)C(C)C. The van der Waals surface area contributed by atoms with Crippen molar-refractivity contribution in [3.63, 3.8) is 0 Å². The van der Waals surface area contributed by atoms with Gasteiger partial charge in [-0.3, -0.25) is 14.2 Å². The molecule has 2 aromatic rings. The lowest BCUT2D eigenvalue weighted by atomic mass is 10.2. The van der Waals surface area contributed by atoms with Crippen molar-refractivity contribution in [2.24, 2.45) is 0 Å². The van der Waals surface area contributed by atoms with E-state index in [4.69, 9.17) is 11.6 Å². The van der Waals surface area contributed by atoms with Gasteiger partial charge in [-0.2, -0.15) is 0 Å². The second-order valence-electron chi connectivity index (χ2n) is 5.83. The van der Waals surface area contributed by atoms with Crippen molar-refractivity contribution >= 4 is 28.4 Å². The monoisotopic (exact) mass is 321 g/mol. The first-order valence-corrected chi connectivity index (χ1v) is 7.65. The fraction of sp³-hybridized carbons (Fsp3) is 0.438. The second kappa shape index (κ2) is 6.48. The Bertz CT molecular complexity index is 745. The lowest BCUT2D eigenvalue weighted by Crippen LogP contribution is -2.44. The van der Waals surface area contributed by atoms with Crippen LogP contribution < -0.4 is 5.56 Å². The minimum absolute atomic E-state index is 0.0232. The summed E-state index contributed by atoms with van der Waals surface area (Å²) in [5, 5.41) is 0.893. The van der Waals surface area contributed by atoms with E-state index in [1.807, 2.05) is 27.7 Å². The molecule has 0 N–H and O–H groups in total. The van der Waals surface area contributed by atoms with E-state index in [1.165, 1.54) is 10.9 Å². The number of rotatable bonds is 4. The maximum absolute atomic E-state index is 12.5. The Hall–Kier alpha value is -1.88. The summed E-state index contributed by atoms with van der Waals surface area (Å²) in [6, 6.07) is 5.11. The van der Waals surface area contributed by atoms with Crippen LogP contribution in [0.1, 0.15) is 27.7 Å². The highest BCUT2D eigenvalue weighted by Crippen LogP contribution is 2.14. The molecule has 0 aliphatic heterocycles. The first-order valence-electron chi connectivity index (χ1n) is 7.27. The quantitative estimate of drug-likeness (QED) is 0.870. The van der Waals surface area contributed by atoms with Crippen LogP contribution >= 0.6 is 11.6 Å². The standard InChI is InChI=1S/C16H20ClN3O2/c1-10(2)20(11(3)4)15(21)8-19-9-18-14-6-5-12(17)7-13(14)16(19)22/h5-7,9-11H,8H2,1-4H3. The van der Waals surface area contributed by atoms with Gasteiger partial charge in [0.05, 0.1) is 17.2 Å². The highest BCUT2D eigenvalue weighted by molar-refractivity contribution is 6.31. The normalized spacial score (nSPS) is 11.4.